The number of halogens is 2. The van der Waals surface area contributed by atoms with Gasteiger partial charge in [-0.05, 0) is 25.8 Å². The van der Waals surface area contributed by atoms with E-state index in [1.165, 1.54) is 6.20 Å². The first-order chi connectivity index (χ1) is 15.2. The van der Waals surface area contributed by atoms with Crippen LogP contribution in [0.4, 0.5) is 14.5 Å². The maximum Gasteiger partial charge on any atom is 0.248 e. The molecule has 6 N–H and O–H groups in total. The summed E-state index contributed by atoms with van der Waals surface area (Å²) < 4.78 is 32.9. The number of aliphatic imine (C=N–C) groups is 1. The van der Waals surface area contributed by atoms with Gasteiger partial charge >= 0.3 is 0 Å². The zero-order chi connectivity index (χ0) is 23.3. The van der Waals surface area contributed by atoms with Crippen LogP contribution in [0.2, 0.25) is 0 Å². The molecule has 1 amide bonds. The van der Waals surface area contributed by atoms with Gasteiger partial charge in [-0.1, -0.05) is 0 Å². The summed E-state index contributed by atoms with van der Waals surface area (Å²) in [6.45, 7) is 2.43. The number of nitrogens with one attached hydrogen (secondary N) is 2. The summed E-state index contributed by atoms with van der Waals surface area (Å²) in [5, 5.41) is 2.80. The van der Waals surface area contributed by atoms with E-state index >= 15 is 0 Å². The smallest absolute Gasteiger partial charge is 0.248 e. The third-order valence-electron chi connectivity index (χ3n) is 5.90. The highest BCUT2D eigenvalue weighted by Crippen LogP contribution is 2.34. The Labute approximate surface area is 186 Å². The Kier molecular flexibility index (Phi) is 7.42. The molecule has 2 atom stereocenters. The van der Waals surface area contributed by atoms with Crippen LogP contribution in [0.25, 0.3) is 5.57 Å². The maximum atomic E-state index is 13.4. The van der Waals surface area contributed by atoms with E-state index in [2.05, 4.69) is 20.3 Å². The highest BCUT2D eigenvalue weighted by molar-refractivity contribution is 6.09. The monoisotopic (exact) mass is 449 g/mol. The molecular formula is C22H31F2N6O2+. The zero-order valence-corrected chi connectivity index (χ0v) is 18.4. The van der Waals surface area contributed by atoms with Crippen LogP contribution < -0.4 is 26.5 Å². The molecule has 0 bridgehead atoms. The average Bonchev–Trinajstić information content (AvgIpc) is 3.18. The van der Waals surface area contributed by atoms with Crippen molar-refractivity contribution in [2.75, 3.05) is 19.3 Å². The first-order valence-electron chi connectivity index (χ1n) is 10.8. The number of rotatable bonds is 7. The minimum Gasteiger partial charge on any atom is -0.474 e. The lowest BCUT2D eigenvalue weighted by Crippen LogP contribution is -2.63. The standard InChI is InChI=1S/C22H30F2N6O2/c1-13(14-7-20(31)29-10-14)32-21-17(12-27-2)18(26)8-19(30-21)15(9-25)11-28-16-3-5-22(23,24)6-4-16/h8-9,11-14,16H,3-7,10,25H2,1-2H3,(H2,26,30)(H,29,31)/p+1/t13-,14-/m1/s1. The largest absolute Gasteiger partial charge is 0.474 e. The van der Waals surface area contributed by atoms with Crippen molar-refractivity contribution in [1.82, 2.24) is 10.3 Å². The molecule has 1 aromatic heterocycles. The number of alkyl halides is 2. The second kappa shape index (κ2) is 10.1. The van der Waals surface area contributed by atoms with Crippen LogP contribution in [-0.2, 0) is 4.79 Å². The number of aromatic nitrogens is 1. The van der Waals surface area contributed by atoms with Crippen molar-refractivity contribution in [3.05, 3.63) is 23.5 Å². The fourth-order valence-electron chi connectivity index (χ4n) is 3.86. The first-order valence-corrected chi connectivity index (χ1v) is 10.8. The molecule has 174 valence electrons. The molecule has 0 spiro atoms. The lowest BCUT2D eigenvalue weighted by molar-refractivity contribution is -0.413. The third kappa shape index (κ3) is 5.80. The van der Waals surface area contributed by atoms with Gasteiger partial charge in [0.25, 0.3) is 0 Å². The number of hydrogen-bond donors (Lipinski definition) is 4. The number of carbonyl (C=O) groups is 1. The Hall–Kier alpha value is -3.04. The van der Waals surface area contributed by atoms with Gasteiger partial charge in [-0.2, -0.15) is 0 Å². The minimum absolute atomic E-state index is 0.00118. The lowest BCUT2D eigenvalue weighted by atomic mass is 9.93. The molecule has 0 unspecified atom stereocenters. The maximum absolute atomic E-state index is 13.4. The van der Waals surface area contributed by atoms with Crippen LogP contribution in [0.1, 0.15) is 50.3 Å². The van der Waals surface area contributed by atoms with Crippen molar-refractivity contribution in [2.24, 2.45) is 16.6 Å². The second-order valence-corrected chi connectivity index (χ2v) is 8.33. The fourth-order valence-corrected chi connectivity index (χ4v) is 3.86. The van der Waals surface area contributed by atoms with Crippen molar-refractivity contribution in [1.29, 1.82) is 0 Å². The van der Waals surface area contributed by atoms with Crippen molar-refractivity contribution >= 4 is 29.6 Å². The first kappa shape index (κ1) is 23.6. The van der Waals surface area contributed by atoms with Crippen LogP contribution in [0.15, 0.2) is 17.3 Å². The SMILES string of the molecule is C[NH+]=Cc1c(N)cc(C(C=NC2CCC(F)(F)CC2)=CN)nc1O[C@H](C)[C@H]1CNC(=O)C1. The molecule has 32 heavy (non-hydrogen) atoms. The number of nitrogens with zero attached hydrogens (tertiary/aromatic N) is 2. The van der Waals surface area contributed by atoms with Gasteiger partial charge in [0.05, 0.1) is 17.4 Å². The predicted molar refractivity (Wildman–Crippen MR) is 120 cm³/mol. The van der Waals surface area contributed by atoms with Crippen LogP contribution in [0, 0.1) is 5.92 Å². The zero-order valence-electron chi connectivity index (χ0n) is 18.4. The molecule has 8 nitrogen and oxygen atoms in total. The van der Waals surface area contributed by atoms with Gasteiger partial charge in [-0.15, -0.1) is 0 Å². The molecule has 2 aliphatic rings. The molecule has 0 radical (unpaired) electrons. The van der Waals surface area contributed by atoms with Crippen LogP contribution in [0.5, 0.6) is 5.88 Å². The topological polar surface area (TPSA) is 130 Å². The van der Waals surface area contributed by atoms with Crippen LogP contribution in [0.3, 0.4) is 0 Å². The summed E-state index contributed by atoms with van der Waals surface area (Å²) in [6.07, 6.45) is 5.05. The van der Waals surface area contributed by atoms with E-state index in [1.54, 1.807) is 25.5 Å². The van der Waals surface area contributed by atoms with Gasteiger partial charge in [0.15, 0.2) is 6.21 Å². The van der Waals surface area contributed by atoms with E-state index in [-0.39, 0.29) is 36.8 Å². The number of nitrogens with two attached hydrogens (primary N) is 2. The van der Waals surface area contributed by atoms with Gasteiger partial charge in [-0.25, -0.2) is 13.8 Å². The van der Waals surface area contributed by atoms with Gasteiger partial charge < -0.3 is 21.5 Å². The number of pyridine rings is 1. The van der Waals surface area contributed by atoms with Gasteiger partial charge in [0.1, 0.15) is 18.7 Å². The predicted octanol–water partition coefficient (Wildman–Crippen LogP) is 0.645. The highest BCUT2D eigenvalue weighted by atomic mass is 19.3. The van der Waals surface area contributed by atoms with Crippen molar-refractivity contribution in [3.8, 4) is 5.88 Å². The Morgan fingerprint density at radius 1 is 1.44 bits per heavy atom. The van der Waals surface area contributed by atoms with Gasteiger partial charge in [-0.3, -0.25) is 14.8 Å². The van der Waals surface area contributed by atoms with Crippen LogP contribution >= 0.6 is 0 Å². The van der Waals surface area contributed by atoms with Crippen molar-refractivity contribution < 1.29 is 23.3 Å². The summed E-state index contributed by atoms with van der Waals surface area (Å²) in [4.78, 5) is 23.5. The summed E-state index contributed by atoms with van der Waals surface area (Å²) in [5.74, 6) is -2.27. The summed E-state index contributed by atoms with van der Waals surface area (Å²) in [6, 6.07) is 1.49. The summed E-state index contributed by atoms with van der Waals surface area (Å²) >= 11 is 0. The summed E-state index contributed by atoms with van der Waals surface area (Å²) in [7, 11) is 1.74. The average molecular weight is 450 g/mol. The molecule has 1 saturated carbocycles. The summed E-state index contributed by atoms with van der Waals surface area (Å²) in [5.41, 5.74) is 14.1. The van der Waals surface area contributed by atoms with E-state index in [1.807, 2.05) is 6.92 Å². The number of hydrogen-bond acceptors (Lipinski definition) is 6. The van der Waals surface area contributed by atoms with Gasteiger partial charge in [0.2, 0.25) is 17.7 Å². The van der Waals surface area contributed by atoms with Gasteiger partial charge in [0, 0.05) is 49.7 Å². The Balaban J connectivity index is 1.82. The number of amides is 1. The number of carbonyl (C=O) groups excluding carboxylic acids is 1. The second-order valence-electron chi connectivity index (χ2n) is 8.33. The minimum atomic E-state index is -2.60. The number of allylic oxidation sites excluding steroid dienone is 1. The third-order valence-corrected chi connectivity index (χ3v) is 5.90. The normalized spacial score (nSPS) is 23.1. The molecule has 1 aliphatic heterocycles. The molecule has 10 heteroatoms. The van der Waals surface area contributed by atoms with Crippen molar-refractivity contribution in [2.45, 2.75) is 57.1 Å². The molecule has 2 fully saturated rings. The lowest BCUT2D eigenvalue weighted by Gasteiger charge is -2.25. The van der Waals surface area contributed by atoms with E-state index in [4.69, 9.17) is 16.2 Å². The van der Waals surface area contributed by atoms with E-state index in [0.29, 0.717) is 54.2 Å². The number of nitrogen functional groups attached to an aromatic ring is 1. The van der Waals surface area contributed by atoms with E-state index < -0.39 is 5.92 Å². The highest BCUT2D eigenvalue weighted by Gasteiger charge is 2.34. The molecule has 1 saturated heterocycles. The van der Waals surface area contributed by atoms with Crippen LogP contribution in [-0.4, -0.2) is 55.0 Å². The quantitative estimate of drug-likeness (QED) is 0.454. The molecule has 1 aromatic rings. The van der Waals surface area contributed by atoms with Crippen molar-refractivity contribution in [3.63, 3.8) is 0 Å². The van der Waals surface area contributed by atoms with E-state index in [9.17, 15) is 13.6 Å². The molecule has 1 aliphatic carbocycles. The van der Waals surface area contributed by atoms with E-state index in [0.717, 1.165) is 0 Å². The molecular weight excluding hydrogens is 418 g/mol. The fraction of sp³-hybridized carbons (Fsp3) is 0.545. The molecule has 3 rings (SSSR count). The number of anilines is 1. The number of ether oxygens (including phenoxy) is 1. The Bertz CT molecular complexity index is 921. The molecule has 0 aromatic carbocycles. The molecule has 2 heterocycles. The Morgan fingerprint density at radius 2 is 2.16 bits per heavy atom. The Morgan fingerprint density at radius 3 is 2.75 bits per heavy atom.